The van der Waals surface area contributed by atoms with Gasteiger partial charge in [-0.1, -0.05) is 24.6 Å². The molecule has 0 saturated carbocycles. The van der Waals surface area contributed by atoms with E-state index in [4.69, 9.17) is 4.65 Å². The van der Waals surface area contributed by atoms with Crippen molar-refractivity contribution in [3.05, 3.63) is 104 Å². The van der Waals surface area contributed by atoms with Gasteiger partial charge in [0, 0.05) is 18.3 Å². The average Bonchev–Trinajstić information content (AvgIpc) is 3.30. The second-order valence-corrected chi connectivity index (χ2v) is 12.4. The molecule has 11 heteroatoms. The van der Waals surface area contributed by atoms with E-state index in [9.17, 15) is 29.8 Å². The van der Waals surface area contributed by atoms with Crippen molar-refractivity contribution in [3.8, 4) is 5.75 Å². The minimum atomic E-state index is -1.12. The quantitative estimate of drug-likeness (QED) is 0.102. The molecule has 0 radical (unpaired) electrons. The van der Waals surface area contributed by atoms with E-state index < -0.39 is 41.8 Å². The minimum absolute atomic E-state index is 0.187. The number of pyridine rings is 1. The summed E-state index contributed by atoms with van der Waals surface area (Å²) >= 11 is 0. The molecule has 2 N–H and O–H groups in total. The van der Waals surface area contributed by atoms with Crippen LogP contribution in [0.15, 0.2) is 71.9 Å². The van der Waals surface area contributed by atoms with Crippen LogP contribution in [-0.2, 0) is 14.2 Å². The van der Waals surface area contributed by atoms with Gasteiger partial charge in [0.25, 0.3) is 5.69 Å². The summed E-state index contributed by atoms with van der Waals surface area (Å²) in [6.07, 6.45) is 5.64. The lowest BCUT2D eigenvalue weighted by Crippen LogP contribution is -2.46. The molecule has 3 aliphatic rings. The zero-order valence-electron chi connectivity index (χ0n) is 26.1. The van der Waals surface area contributed by atoms with Crippen LogP contribution in [0.4, 0.5) is 11.4 Å². The van der Waals surface area contributed by atoms with Gasteiger partial charge in [-0.05, 0) is 116 Å². The van der Waals surface area contributed by atoms with E-state index >= 15 is 0 Å². The number of hydrogen-bond donors (Lipinski definition) is 2. The number of benzene rings is 2. The van der Waals surface area contributed by atoms with Gasteiger partial charge in [0.1, 0.15) is 5.75 Å². The van der Waals surface area contributed by atoms with Crippen LogP contribution < -0.4 is 4.90 Å². The molecule has 3 heterocycles. The summed E-state index contributed by atoms with van der Waals surface area (Å²) in [6, 6.07) is 15.2. The number of hydrogen-bond acceptors (Lipinski definition) is 8. The first-order chi connectivity index (χ1) is 22.1. The number of nitro benzene ring substituents is 1. The molecule has 2 aromatic carbocycles. The summed E-state index contributed by atoms with van der Waals surface area (Å²) in [6.45, 7) is 5.75. The van der Waals surface area contributed by atoms with Crippen LogP contribution in [0.2, 0.25) is 6.32 Å². The van der Waals surface area contributed by atoms with E-state index in [-0.39, 0.29) is 29.4 Å². The maximum absolute atomic E-state index is 14.0. The maximum Gasteiger partial charge on any atom is 0.455 e. The molecule has 0 unspecified atom stereocenters. The van der Waals surface area contributed by atoms with Gasteiger partial charge in [0.15, 0.2) is 0 Å². The number of fused-ring (bicyclic) bond motifs is 3. The van der Waals surface area contributed by atoms with Crippen LogP contribution in [-0.4, -0.2) is 45.1 Å². The van der Waals surface area contributed by atoms with Crippen LogP contribution in [0, 0.1) is 41.7 Å². The Morgan fingerprint density at radius 1 is 1.11 bits per heavy atom. The standard InChI is InChI=1S/C35H36BN3O7/c1-4-23-17-27-32(35(42)38(34(27)41)25-8-7-9-26(18-25)39(44)45)28-19-36(43)46-30(31(23)28)12-11-24(29-10-5-6-13-37-29)16-22-14-20(2)33(40)21(3)15-22/h5-10,13-16,18,27-28,30,32,40,43H,4,11-12,17,19H2,1-3H3/b24-16-/t27-,28+,30-,32-/m1/s1. The zero-order valence-corrected chi connectivity index (χ0v) is 26.1. The number of non-ortho nitro benzene ring substituents is 1. The number of carbonyl (C=O) groups excluding carboxylic acids is 2. The predicted molar refractivity (Wildman–Crippen MR) is 175 cm³/mol. The van der Waals surface area contributed by atoms with Crippen molar-refractivity contribution >= 4 is 42.0 Å². The lowest BCUT2D eigenvalue weighted by Gasteiger charge is -2.43. The largest absolute Gasteiger partial charge is 0.507 e. The Morgan fingerprint density at radius 2 is 1.87 bits per heavy atom. The molecule has 0 bridgehead atoms. The number of aromatic nitrogens is 1. The number of rotatable bonds is 8. The summed E-state index contributed by atoms with van der Waals surface area (Å²) < 4.78 is 6.17. The first-order valence-corrected chi connectivity index (χ1v) is 15.7. The molecule has 0 spiro atoms. The fraction of sp³-hybridized carbons (Fsp3) is 0.343. The Labute approximate surface area is 267 Å². The number of allylic oxidation sites excluding steroid dienone is 2. The van der Waals surface area contributed by atoms with Crippen molar-refractivity contribution in [2.75, 3.05) is 4.90 Å². The topological polar surface area (TPSA) is 143 Å². The van der Waals surface area contributed by atoms with Crippen molar-refractivity contribution in [1.29, 1.82) is 0 Å². The minimum Gasteiger partial charge on any atom is -0.507 e. The summed E-state index contributed by atoms with van der Waals surface area (Å²) in [5.41, 5.74) is 6.27. The maximum atomic E-state index is 14.0. The number of nitrogens with zero attached hydrogens (tertiary/aromatic N) is 3. The highest BCUT2D eigenvalue weighted by atomic mass is 16.6. The molecular weight excluding hydrogens is 585 g/mol. The number of aromatic hydroxyl groups is 1. The average molecular weight is 621 g/mol. The number of phenols is 1. The normalized spacial score (nSPS) is 23.1. The number of imide groups is 1. The fourth-order valence-corrected chi connectivity index (χ4v) is 7.49. The summed E-state index contributed by atoms with van der Waals surface area (Å²) in [7, 11) is -1.12. The van der Waals surface area contributed by atoms with E-state index in [1.807, 2.05) is 51.1 Å². The van der Waals surface area contributed by atoms with Gasteiger partial charge < -0.3 is 14.8 Å². The highest BCUT2D eigenvalue weighted by Crippen LogP contribution is 2.52. The van der Waals surface area contributed by atoms with Crippen LogP contribution >= 0.6 is 0 Å². The van der Waals surface area contributed by atoms with Gasteiger partial charge in [0.2, 0.25) is 11.8 Å². The van der Waals surface area contributed by atoms with E-state index in [0.29, 0.717) is 25.7 Å². The first-order valence-electron chi connectivity index (χ1n) is 15.7. The van der Waals surface area contributed by atoms with Gasteiger partial charge in [-0.2, -0.15) is 0 Å². The highest BCUT2D eigenvalue weighted by molar-refractivity contribution is 6.43. The number of nitro groups is 1. The molecule has 3 aromatic rings. The molecule has 1 aromatic heterocycles. The summed E-state index contributed by atoms with van der Waals surface area (Å²) in [5, 5.41) is 32.7. The smallest absolute Gasteiger partial charge is 0.455 e. The van der Waals surface area contributed by atoms with Gasteiger partial charge in [-0.25, -0.2) is 4.90 Å². The van der Waals surface area contributed by atoms with Gasteiger partial charge in [-0.3, -0.25) is 24.7 Å². The van der Waals surface area contributed by atoms with Crippen LogP contribution in [0.1, 0.15) is 55.0 Å². The van der Waals surface area contributed by atoms with Gasteiger partial charge >= 0.3 is 7.12 Å². The number of amides is 2. The summed E-state index contributed by atoms with van der Waals surface area (Å²) in [5.74, 6) is -2.18. The molecule has 2 saturated heterocycles. The second-order valence-electron chi connectivity index (χ2n) is 12.4. The number of anilines is 1. The Bertz CT molecular complexity index is 1750. The zero-order chi connectivity index (χ0) is 32.7. The van der Waals surface area contributed by atoms with Crippen molar-refractivity contribution in [1.82, 2.24) is 4.98 Å². The first kappa shape index (κ1) is 31.4. The molecule has 46 heavy (non-hydrogen) atoms. The molecule has 2 amide bonds. The highest BCUT2D eigenvalue weighted by Gasteiger charge is 2.57. The summed E-state index contributed by atoms with van der Waals surface area (Å²) in [4.78, 5) is 44.3. The fourth-order valence-electron chi connectivity index (χ4n) is 7.49. The van der Waals surface area contributed by atoms with E-state index in [1.165, 1.54) is 18.2 Å². The van der Waals surface area contributed by atoms with Gasteiger partial charge in [-0.15, -0.1) is 0 Å². The number of aryl methyl sites for hydroxylation is 2. The molecule has 4 atom stereocenters. The third kappa shape index (κ3) is 5.76. The monoisotopic (exact) mass is 621 g/mol. The number of carbonyl (C=O) groups is 2. The Hall–Kier alpha value is -4.61. The van der Waals surface area contributed by atoms with Gasteiger partial charge in [0.05, 0.1) is 34.2 Å². The SMILES string of the molecule is CCC1=C2[C@@H](CC/C(=C/c3cc(C)c(O)c(C)c3)c3ccccn3)OB(O)C[C@@H]2[C@@H]2C(=O)N(c3cccc([N+](=O)[O-])c3)C(=O)[C@@H]2C1. The Morgan fingerprint density at radius 3 is 2.54 bits per heavy atom. The van der Waals surface area contributed by atoms with Crippen molar-refractivity contribution in [3.63, 3.8) is 0 Å². The molecule has 2 aliphatic heterocycles. The van der Waals surface area contributed by atoms with Crippen molar-refractivity contribution < 1.29 is 29.3 Å². The van der Waals surface area contributed by atoms with E-state index in [2.05, 4.69) is 11.1 Å². The molecule has 236 valence electrons. The van der Waals surface area contributed by atoms with Crippen LogP contribution in [0.5, 0.6) is 5.75 Å². The lowest BCUT2D eigenvalue weighted by molar-refractivity contribution is -0.384. The molecule has 10 nitrogen and oxygen atoms in total. The third-order valence-corrected chi connectivity index (χ3v) is 9.56. The van der Waals surface area contributed by atoms with Crippen molar-refractivity contribution in [2.24, 2.45) is 17.8 Å². The third-order valence-electron chi connectivity index (χ3n) is 9.56. The lowest BCUT2D eigenvalue weighted by atomic mass is 9.58. The molecule has 1 aliphatic carbocycles. The Kier molecular flexibility index (Phi) is 8.63. The van der Waals surface area contributed by atoms with E-state index in [1.54, 1.807) is 12.3 Å². The molecular formula is C35H36BN3O7. The van der Waals surface area contributed by atoms with Crippen LogP contribution in [0.3, 0.4) is 0 Å². The predicted octanol–water partition coefficient (Wildman–Crippen LogP) is 6.04. The Balaban J connectivity index is 1.32. The van der Waals surface area contributed by atoms with Crippen molar-refractivity contribution in [2.45, 2.75) is 58.9 Å². The molecule has 6 rings (SSSR count). The second kappa shape index (κ2) is 12.7. The number of phenolic OH excluding ortho intramolecular Hbond substituents is 1. The molecule has 2 fully saturated rings. The van der Waals surface area contributed by atoms with Crippen LogP contribution in [0.25, 0.3) is 11.6 Å². The van der Waals surface area contributed by atoms with E-state index in [0.717, 1.165) is 44.0 Å².